The second kappa shape index (κ2) is 8.23. The van der Waals surface area contributed by atoms with E-state index in [0.29, 0.717) is 23.8 Å². The lowest BCUT2D eigenvalue weighted by Crippen LogP contribution is -2.32. The third-order valence-electron chi connectivity index (χ3n) is 6.61. The van der Waals surface area contributed by atoms with Gasteiger partial charge in [0.15, 0.2) is 11.5 Å². The topological polar surface area (TPSA) is 54.6 Å². The van der Waals surface area contributed by atoms with Crippen LogP contribution in [-0.2, 0) is 13.0 Å². The average molecular weight is 417 g/mol. The lowest BCUT2D eigenvalue weighted by atomic mass is 9.93. The zero-order valence-electron chi connectivity index (χ0n) is 18.1. The number of Topliss-reactive ketones (excluding diaryl/α,β-unsaturated/α-hetero) is 1. The summed E-state index contributed by atoms with van der Waals surface area (Å²) in [5, 5.41) is 1.04. The van der Waals surface area contributed by atoms with Crippen LogP contribution in [0.1, 0.15) is 34.5 Å². The number of aromatic nitrogens is 1. The van der Waals surface area contributed by atoms with E-state index < -0.39 is 0 Å². The van der Waals surface area contributed by atoms with Crippen molar-refractivity contribution in [2.45, 2.75) is 25.8 Å². The largest absolute Gasteiger partial charge is 0.493 e. The Hall–Kier alpha value is -3.05. The Balaban J connectivity index is 1.29. The summed E-state index contributed by atoms with van der Waals surface area (Å²) in [7, 11) is 3.26. The molecule has 1 fully saturated rings. The molecule has 1 aliphatic carbocycles. The Morgan fingerprint density at radius 3 is 2.48 bits per heavy atom. The summed E-state index contributed by atoms with van der Waals surface area (Å²) in [5.74, 6) is 1.96. The van der Waals surface area contributed by atoms with Crippen LogP contribution >= 0.6 is 0 Å². The van der Waals surface area contributed by atoms with Crippen molar-refractivity contribution in [3.8, 4) is 11.5 Å². The van der Waals surface area contributed by atoms with Crippen molar-refractivity contribution < 1.29 is 14.3 Å². The average Bonchev–Trinajstić information content (AvgIpc) is 3.30. The van der Waals surface area contributed by atoms with Crippen molar-refractivity contribution in [1.29, 1.82) is 0 Å². The molecule has 3 aromatic rings. The standard InChI is InChI=1S/C26H28N2O3/c1-30-23-14-20-21-13-19(26(29)25(21)27-22(20)15-24(23)31-2)12-17-8-10-28(11-9-17)16-18-6-4-3-5-7-18/h3-7,12,14-15,17,27H,8-11,13,16H2,1-2H3. The van der Waals surface area contributed by atoms with Crippen molar-refractivity contribution in [2.24, 2.45) is 5.92 Å². The first-order chi connectivity index (χ1) is 15.2. The molecule has 1 aliphatic heterocycles. The molecule has 2 aliphatic rings. The van der Waals surface area contributed by atoms with Crippen molar-refractivity contribution in [3.05, 3.63) is 70.9 Å². The highest BCUT2D eigenvalue weighted by molar-refractivity contribution is 6.16. The number of fused-ring (bicyclic) bond motifs is 3. The molecule has 0 unspecified atom stereocenters. The summed E-state index contributed by atoms with van der Waals surface area (Å²) in [6.07, 6.45) is 5.13. The van der Waals surface area contributed by atoms with Crippen LogP contribution in [0, 0.1) is 5.92 Å². The number of piperidine rings is 1. The summed E-state index contributed by atoms with van der Waals surface area (Å²) in [5.41, 5.74) is 5.01. The molecular formula is C26H28N2O3. The molecule has 0 atom stereocenters. The molecule has 5 heteroatoms. The predicted molar refractivity (Wildman–Crippen MR) is 122 cm³/mol. The zero-order chi connectivity index (χ0) is 21.4. The number of nitrogens with one attached hydrogen (secondary N) is 1. The molecule has 1 aromatic heterocycles. The smallest absolute Gasteiger partial charge is 0.205 e. The minimum atomic E-state index is 0.135. The monoisotopic (exact) mass is 416 g/mol. The van der Waals surface area contributed by atoms with Crippen LogP contribution in [0.15, 0.2) is 54.1 Å². The minimum Gasteiger partial charge on any atom is -0.493 e. The number of methoxy groups -OCH3 is 2. The van der Waals surface area contributed by atoms with E-state index >= 15 is 0 Å². The van der Waals surface area contributed by atoms with Gasteiger partial charge in [-0.1, -0.05) is 36.4 Å². The summed E-state index contributed by atoms with van der Waals surface area (Å²) in [4.78, 5) is 18.9. The Bertz CT molecular complexity index is 1140. The number of ether oxygens (including phenoxy) is 2. The maximum Gasteiger partial charge on any atom is 0.205 e. The Labute approximate surface area is 182 Å². The van der Waals surface area contributed by atoms with Gasteiger partial charge in [-0.2, -0.15) is 0 Å². The molecular weight excluding hydrogens is 388 g/mol. The molecule has 1 saturated heterocycles. The second-order valence-corrected chi connectivity index (χ2v) is 8.53. The summed E-state index contributed by atoms with van der Waals surface area (Å²) >= 11 is 0. The number of hydrogen-bond acceptors (Lipinski definition) is 4. The summed E-state index contributed by atoms with van der Waals surface area (Å²) in [6.45, 7) is 3.15. The maximum atomic E-state index is 13.1. The second-order valence-electron chi connectivity index (χ2n) is 8.53. The van der Waals surface area contributed by atoms with Gasteiger partial charge in [0.1, 0.15) is 0 Å². The third-order valence-corrected chi connectivity index (χ3v) is 6.61. The molecule has 0 amide bonds. The van der Waals surface area contributed by atoms with Gasteiger partial charge < -0.3 is 14.5 Å². The van der Waals surface area contributed by atoms with Gasteiger partial charge in [0, 0.05) is 30.0 Å². The van der Waals surface area contributed by atoms with Crippen LogP contribution in [0.5, 0.6) is 11.5 Å². The molecule has 160 valence electrons. The number of likely N-dealkylation sites (tertiary alicyclic amines) is 1. The van der Waals surface area contributed by atoms with Gasteiger partial charge in [0.25, 0.3) is 0 Å². The van der Waals surface area contributed by atoms with Gasteiger partial charge in [0.2, 0.25) is 5.78 Å². The molecule has 5 rings (SSSR count). The number of benzene rings is 2. The normalized spacial score (nSPS) is 18.6. The van der Waals surface area contributed by atoms with E-state index in [4.69, 9.17) is 9.47 Å². The van der Waals surface area contributed by atoms with E-state index in [-0.39, 0.29) is 5.78 Å². The number of carbonyl (C=O) groups is 1. The van der Waals surface area contributed by atoms with Crippen molar-refractivity contribution in [3.63, 3.8) is 0 Å². The summed E-state index contributed by atoms with van der Waals surface area (Å²) in [6, 6.07) is 14.5. The van der Waals surface area contributed by atoms with Gasteiger partial charge in [-0.05, 0) is 49.0 Å². The molecule has 31 heavy (non-hydrogen) atoms. The molecule has 0 saturated carbocycles. The van der Waals surface area contributed by atoms with Crippen LogP contribution in [0.4, 0.5) is 0 Å². The zero-order valence-corrected chi connectivity index (χ0v) is 18.1. The first kappa shape index (κ1) is 19.9. The first-order valence-corrected chi connectivity index (χ1v) is 10.9. The number of aromatic amines is 1. The molecule has 0 radical (unpaired) electrons. The minimum absolute atomic E-state index is 0.135. The predicted octanol–water partition coefficient (Wildman–Crippen LogP) is 4.76. The maximum absolute atomic E-state index is 13.1. The molecule has 0 spiro atoms. The van der Waals surface area contributed by atoms with Gasteiger partial charge in [0.05, 0.1) is 25.4 Å². The van der Waals surface area contributed by atoms with E-state index in [1.54, 1.807) is 14.2 Å². The van der Waals surface area contributed by atoms with E-state index in [1.165, 1.54) is 5.56 Å². The lowest BCUT2D eigenvalue weighted by Gasteiger charge is -2.30. The summed E-state index contributed by atoms with van der Waals surface area (Å²) < 4.78 is 10.9. The highest BCUT2D eigenvalue weighted by atomic mass is 16.5. The number of allylic oxidation sites excluding steroid dienone is 2. The fraction of sp³-hybridized carbons (Fsp3) is 0.346. The van der Waals surface area contributed by atoms with E-state index in [9.17, 15) is 4.79 Å². The quantitative estimate of drug-likeness (QED) is 0.609. The van der Waals surface area contributed by atoms with Crippen molar-refractivity contribution in [2.75, 3.05) is 27.3 Å². The van der Waals surface area contributed by atoms with Crippen LogP contribution in [0.25, 0.3) is 10.9 Å². The highest BCUT2D eigenvalue weighted by Crippen LogP contribution is 2.39. The molecule has 2 aromatic carbocycles. The fourth-order valence-electron chi connectivity index (χ4n) is 4.92. The number of H-pyrrole nitrogens is 1. The Morgan fingerprint density at radius 1 is 1.06 bits per heavy atom. The fourth-order valence-corrected chi connectivity index (χ4v) is 4.92. The highest BCUT2D eigenvalue weighted by Gasteiger charge is 2.31. The molecule has 2 heterocycles. The van der Waals surface area contributed by atoms with Crippen LogP contribution in [-0.4, -0.2) is 43.0 Å². The molecule has 1 N–H and O–H groups in total. The molecule has 0 bridgehead atoms. The first-order valence-electron chi connectivity index (χ1n) is 10.9. The lowest BCUT2D eigenvalue weighted by molar-refractivity contribution is 0.103. The SMILES string of the molecule is COc1cc2[nH]c3c(c2cc1OC)CC(=CC1CCN(Cc2ccccc2)CC1)C3=O. The van der Waals surface area contributed by atoms with E-state index in [0.717, 1.165) is 60.2 Å². The number of hydrogen-bond donors (Lipinski definition) is 1. The number of ketones is 1. The van der Waals surface area contributed by atoms with Crippen LogP contribution in [0.2, 0.25) is 0 Å². The Morgan fingerprint density at radius 2 is 1.77 bits per heavy atom. The van der Waals surface area contributed by atoms with Crippen molar-refractivity contribution >= 4 is 16.7 Å². The van der Waals surface area contributed by atoms with Gasteiger partial charge in [-0.15, -0.1) is 0 Å². The van der Waals surface area contributed by atoms with Crippen LogP contribution < -0.4 is 9.47 Å². The van der Waals surface area contributed by atoms with Crippen LogP contribution in [0.3, 0.4) is 0 Å². The van der Waals surface area contributed by atoms with E-state index in [2.05, 4.69) is 46.3 Å². The Kier molecular flexibility index (Phi) is 5.28. The number of rotatable bonds is 5. The van der Waals surface area contributed by atoms with Crippen molar-refractivity contribution in [1.82, 2.24) is 9.88 Å². The van der Waals surface area contributed by atoms with Gasteiger partial charge in [-0.25, -0.2) is 0 Å². The molecule has 5 nitrogen and oxygen atoms in total. The third kappa shape index (κ3) is 3.74. The van der Waals surface area contributed by atoms with Gasteiger partial charge in [-0.3, -0.25) is 9.69 Å². The van der Waals surface area contributed by atoms with E-state index in [1.807, 2.05) is 12.1 Å². The number of nitrogens with zero attached hydrogens (tertiary/aromatic N) is 1. The number of carbonyl (C=O) groups excluding carboxylic acids is 1. The van der Waals surface area contributed by atoms with Gasteiger partial charge >= 0.3 is 0 Å².